The number of hydrogen-bond donors (Lipinski definition) is 1. The van der Waals surface area contributed by atoms with Crippen molar-refractivity contribution in [2.45, 2.75) is 65.1 Å². The van der Waals surface area contributed by atoms with Crippen LogP contribution in [0, 0.1) is 0 Å². The van der Waals surface area contributed by atoms with Crippen molar-refractivity contribution in [1.29, 1.82) is 0 Å². The maximum Gasteiger partial charge on any atom is 0.0764 e. The highest BCUT2D eigenvalue weighted by Gasteiger charge is 2.20. The van der Waals surface area contributed by atoms with Crippen molar-refractivity contribution in [3.8, 4) is 0 Å². The highest BCUT2D eigenvalue weighted by Crippen LogP contribution is 2.17. The molecule has 20 heavy (non-hydrogen) atoms. The summed E-state index contributed by atoms with van der Waals surface area (Å²) in [6, 6.07) is 3.47. The Balaban J connectivity index is 1.96. The minimum atomic E-state index is 0.553. The molecular weight excluding hydrogens is 248 g/mol. The highest BCUT2D eigenvalue weighted by atomic mass is 15.3. The summed E-state index contributed by atoms with van der Waals surface area (Å²) >= 11 is 0. The van der Waals surface area contributed by atoms with Crippen LogP contribution in [0.5, 0.6) is 0 Å². The molecule has 0 unspecified atom stereocenters. The van der Waals surface area contributed by atoms with E-state index in [0.717, 1.165) is 45.1 Å². The van der Waals surface area contributed by atoms with Gasteiger partial charge in [0.1, 0.15) is 0 Å². The zero-order valence-electron chi connectivity index (χ0n) is 13.3. The molecule has 2 heterocycles. The Bertz CT molecular complexity index is 378. The number of hydrogen-bond acceptors (Lipinski definition) is 3. The minimum Gasteiger partial charge on any atom is -0.317 e. The van der Waals surface area contributed by atoms with Crippen LogP contribution in [-0.4, -0.2) is 40.4 Å². The van der Waals surface area contributed by atoms with Gasteiger partial charge in [-0.25, -0.2) is 0 Å². The van der Waals surface area contributed by atoms with Gasteiger partial charge < -0.3 is 5.32 Å². The Labute approximate surface area is 123 Å². The van der Waals surface area contributed by atoms with Gasteiger partial charge in [-0.3, -0.25) is 9.58 Å². The fraction of sp³-hybridized carbons (Fsp3) is 0.812. The third kappa shape index (κ3) is 3.83. The molecule has 2 rings (SSSR count). The van der Waals surface area contributed by atoms with Crippen LogP contribution in [0.3, 0.4) is 0 Å². The van der Waals surface area contributed by atoms with Crippen molar-refractivity contribution in [3.05, 3.63) is 18.0 Å². The lowest BCUT2D eigenvalue weighted by Crippen LogP contribution is -2.42. The van der Waals surface area contributed by atoms with Gasteiger partial charge in [-0.1, -0.05) is 20.8 Å². The molecule has 0 amide bonds. The Morgan fingerprint density at radius 2 is 2.00 bits per heavy atom. The van der Waals surface area contributed by atoms with E-state index in [9.17, 15) is 0 Å². The van der Waals surface area contributed by atoms with E-state index < -0.39 is 0 Å². The summed E-state index contributed by atoms with van der Waals surface area (Å²) in [5.74, 6) is 0. The molecule has 0 radical (unpaired) electrons. The smallest absolute Gasteiger partial charge is 0.0764 e. The van der Waals surface area contributed by atoms with Gasteiger partial charge in [-0.05, 0) is 51.4 Å². The molecule has 0 bridgehead atoms. The molecule has 1 fully saturated rings. The van der Waals surface area contributed by atoms with Crippen LogP contribution in [-0.2, 0) is 6.54 Å². The molecule has 0 spiro atoms. The van der Waals surface area contributed by atoms with Gasteiger partial charge >= 0.3 is 0 Å². The summed E-state index contributed by atoms with van der Waals surface area (Å²) in [5.41, 5.74) is 1.22. The second-order valence-electron chi connectivity index (χ2n) is 5.80. The SMILES string of the molecule is CCC(CC)n1ccc(CN(CC)C2CCNCC2)n1. The first-order valence-corrected chi connectivity index (χ1v) is 8.27. The van der Waals surface area contributed by atoms with Gasteiger partial charge in [0.05, 0.1) is 11.7 Å². The molecule has 0 aliphatic carbocycles. The number of aromatic nitrogens is 2. The topological polar surface area (TPSA) is 33.1 Å². The zero-order valence-corrected chi connectivity index (χ0v) is 13.3. The molecule has 1 saturated heterocycles. The van der Waals surface area contributed by atoms with E-state index in [1.807, 2.05) is 0 Å². The highest BCUT2D eigenvalue weighted by molar-refractivity contribution is 5.00. The normalized spacial score (nSPS) is 17.2. The first kappa shape index (κ1) is 15.5. The average molecular weight is 278 g/mol. The molecule has 1 N–H and O–H groups in total. The maximum atomic E-state index is 4.79. The largest absolute Gasteiger partial charge is 0.317 e. The van der Waals surface area contributed by atoms with Crippen molar-refractivity contribution in [2.24, 2.45) is 0 Å². The third-order valence-corrected chi connectivity index (χ3v) is 4.58. The molecule has 1 aromatic rings. The Morgan fingerprint density at radius 3 is 2.60 bits per heavy atom. The van der Waals surface area contributed by atoms with Crippen LogP contribution in [0.4, 0.5) is 0 Å². The van der Waals surface area contributed by atoms with E-state index in [2.05, 4.69) is 47.9 Å². The number of nitrogens with one attached hydrogen (secondary N) is 1. The Hall–Kier alpha value is -0.870. The van der Waals surface area contributed by atoms with Crippen molar-refractivity contribution in [2.75, 3.05) is 19.6 Å². The number of nitrogens with zero attached hydrogens (tertiary/aromatic N) is 3. The Kier molecular flexibility index (Phi) is 6.05. The fourth-order valence-electron chi connectivity index (χ4n) is 3.21. The van der Waals surface area contributed by atoms with Crippen LogP contribution in [0.2, 0.25) is 0 Å². The molecule has 4 heteroatoms. The van der Waals surface area contributed by atoms with E-state index >= 15 is 0 Å². The first-order valence-electron chi connectivity index (χ1n) is 8.27. The molecule has 4 nitrogen and oxygen atoms in total. The lowest BCUT2D eigenvalue weighted by molar-refractivity contribution is 0.160. The van der Waals surface area contributed by atoms with Crippen molar-refractivity contribution < 1.29 is 0 Å². The van der Waals surface area contributed by atoms with Crippen LogP contribution in [0.15, 0.2) is 12.3 Å². The first-order chi connectivity index (χ1) is 9.78. The third-order valence-electron chi connectivity index (χ3n) is 4.58. The second kappa shape index (κ2) is 7.79. The van der Waals surface area contributed by atoms with Gasteiger partial charge in [0, 0.05) is 18.8 Å². The van der Waals surface area contributed by atoms with Gasteiger partial charge in [-0.2, -0.15) is 5.10 Å². The molecule has 114 valence electrons. The van der Waals surface area contributed by atoms with Gasteiger partial charge in [0.2, 0.25) is 0 Å². The number of rotatable bonds is 7. The zero-order chi connectivity index (χ0) is 14.4. The molecular formula is C16H30N4. The van der Waals surface area contributed by atoms with E-state index in [4.69, 9.17) is 5.10 Å². The van der Waals surface area contributed by atoms with Crippen LogP contribution < -0.4 is 5.32 Å². The standard InChI is InChI=1S/C16H30N4/c1-4-15(5-2)20-12-9-14(18-20)13-19(6-3)16-7-10-17-11-8-16/h9,12,15-17H,4-8,10-11,13H2,1-3H3. The summed E-state index contributed by atoms with van der Waals surface area (Å²) in [5, 5.41) is 8.24. The van der Waals surface area contributed by atoms with E-state index in [0.29, 0.717) is 6.04 Å². The number of piperidine rings is 1. The molecule has 0 atom stereocenters. The van der Waals surface area contributed by atoms with Crippen LogP contribution in [0.1, 0.15) is 58.2 Å². The van der Waals surface area contributed by atoms with Gasteiger partial charge in [-0.15, -0.1) is 0 Å². The molecule has 1 aromatic heterocycles. The van der Waals surface area contributed by atoms with E-state index in [1.54, 1.807) is 0 Å². The molecule has 1 aliphatic rings. The van der Waals surface area contributed by atoms with Crippen LogP contribution in [0.25, 0.3) is 0 Å². The second-order valence-corrected chi connectivity index (χ2v) is 5.80. The van der Waals surface area contributed by atoms with E-state index in [1.165, 1.54) is 18.5 Å². The minimum absolute atomic E-state index is 0.553. The average Bonchev–Trinajstić information content (AvgIpc) is 2.95. The van der Waals surface area contributed by atoms with E-state index in [-0.39, 0.29) is 0 Å². The van der Waals surface area contributed by atoms with Crippen LogP contribution >= 0.6 is 0 Å². The van der Waals surface area contributed by atoms with Crippen molar-refractivity contribution >= 4 is 0 Å². The molecule has 0 aromatic carbocycles. The van der Waals surface area contributed by atoms with Gasteiger partial charge in [0.15, 0.2) is 0 Å². The summed E-state index contributed by atoms with van der Waals surface area (Å²) in [7, 11) is 0. The predicted molar refractivity (Wildman–Crippen MR) is 83.8 cm³/mol. The van der Waals surface area contributed by atoms with Gasteiger partial charge in [0.25, 0.3) is 0 Å². The monoisotopic (exact) mass is 278 g/mol. The van der Waals surface area contributed by atoms with Crippen molar-refractivity contribution in [3.63, 3.8) is 0 Å². The summed E-state index contributed by atoms with van der Waals surface area (Å²) < 4.78 is 2.16. The lowest BCUT2D eigenvalue weighted by Gasteiger charge is -2.33. The predicted octanol–water partition coefficient (Wildman–Crippen LogP) is 2.82. The Morgan fingerprint density at radius 1 is 1.30 bits per heavy atom. The summed E-state index contributed by atoms with van der Waals surface area (Å²) in [6.45, 7) is 11.2. The molecule has 1 aliphatic heterocycles. The summed E-state index contributed by atoms with van der Waals surface area (Å²) in [6.07, 6.45) is 7.00. The quantitative estimate of drug-likeness (QED) is 0.832. The summed E-state index contributed by atoms with van der Waals surface area (Å²) in [4.78, 5) is 2.58. The lowest BCUT2D eigenvalue weighted by atomic mass is 10.0. The van der Waals surface area contributed by atoms with Crippen molar-refractivity contribution in [1.82, 2.24) is 20.0 Å². The fourth-order valence-corrected chi connectivity index (χ4v) is 3.21. The maximum absolute atomic E-state index is 4.79. The molecule has 0 saturated carbocycles.